The van der Waals surface area contributed by atoms with E-state index in [0.29, 0.717) is 46.3 Å². The van der Waals surface area contributed by atoms with E-state index in [-0.39, 0.29) is 28.4 Å². The highest BCUT2D eigenvalue weighted by Gasteiger charge is 2.33. The third-order valence-corrected chi connectivity index (χ3v) is 8.49. The molecule has 3 aromatic carbocycles. The Labute approximate surface area is 288 Å². The number of thiocarbonyl (C=S) groups is 1. The Morgan fingerprint density at radius 1 is 1.10 bits per heavy atom. The number of methoxy groups -OCH3 is 1. The van der Waals surface area contributed by atoms with E-state index in [0.717, 1.165) is 5.56 Å². The molecule has 1 aliphatic rings. The van der Waals surface area contributed by atoms with Crippen molar-refractivity contribution in [1.82, 2.24) is 20.1 Å². The Kier molecular flexibility index (Phi) is 11.0. The molecule has 5 rings (SSSR count). The molecule has 2 heterocycles. The number of alkyl halides is 3. The average Bonchev–Trinajstić information content (AvgIpc) is 3.69. The summed E-state index contributed by atoms with van der Waals surface area (Å²) < 4.78 is 61.7. The Hall–Kier alpha value is -4.83. The van der Waals surface area contributed by atoms with E-state index in [2.05, 4.69) is 25.1 Å². The van der Waals surface area contributed by atoms with E-state index in [1.807, 2.05) is 38.1 Å². The summed E-state index contributed by atoms with van der Waals surface area (Å²) in [6.07, 6.45) is -2.56. The predicted octanol–water partition coefficient (Wildman–Crippen LogP) is 6.58. The van der Waals surface area contributed by atoms with E-state index in [1.165, 1.54) is 71.2 Å². The standard InChI is InChI=1S/C33H30F4N6O4S2/c1-19(2)25-16-22(34)9-15-27(25)43-28(44)17-49-32(43)40-31(48)39-26(30(45)46-3)14-6-20-4-7-21(8-5-20)29-38-18-42(41-29)23-10-12-24(13-11-23)47-33(35,36)37/h4-5,7-13,15-16,18-19,26H,6,14,17H2,1-3H3,(H,39,48). The van der Waals surface area contributed by atoms with E-state index >= 15 is 0 Å². The van der Waals surface area contributed by atoms with Gasteiger partial charge in [-0.3, -0.25) is 9.69 Å². The molecule has 1 N–H and O–H groups in total. The van der Waals surface area contributed by atoms with Crippen LogP contribution < -0.4 is 15.0 Å². The summed E-state index contributed by atoms with van der Waals surface area (Å²) in [5.41, 5.74) is 3.27. The maximum Gasteiger partial charge on any atom is 0.573 e. The van der Waals surface area contributed by atoms with E-state index < -0.39 is 24.2 Å². The van der Waals surface area contributed by atoms with Gasteiger partial charge in [0.1, 0.15) is 23.9 Å². The molecule has 1 fully saturated rings. The summed E-state index contributed by atoms with van der Waals surface area (Å²) in [6.45, 7) is 3.81. The molecule has 0 saturated carbocycles. The van der Waals surface area contributed by atoms with Crippen molar-refractivity contribution >= 4 is 51.8 Å². The summed E-state index contributed by atoms with van der Waals surface area (Å²) in [5, 5.41) is 7.67. The van der Waals surface area contributed by atoms with Crippen molar-refractivity contribution in [2.75, 3.05) is 17.8 Å². The quantitative estimate of drug-likeness (QED) is 0.111. The summed E-state index contributed by atoms with van der Waals surface area (Å²) >= 11 is 6.66. The number of aryl methyl sites for hydroxylation is 1. The fraction of sp³-hybridized carbons (Fsp3) is 0.273. The van der Waals surface area contributed by atoms with Gasteiger partial charge in [0.25, 0.3) is 0 Å². The number of thioether (sulfide) groups is 1. The van der Waals surface area contributed by atoms with Gasteiger partial charge in [-0.25, -0.2) is 18.9 Å². The number of esters is 1. The molecule has 16 heteroatoms. The van der Waals surface area contributed by atoms with Gasteiger partial charge in [0.2, 0.25) is 5.91 Å². The van der Waals surface area contributed by atoms with Crippen LogP contribution in [-0.2, 0) is 20.7 Å². The SMILES string of the molecule is COC(=O)C(CCc1ccc(-c2ncn(-c3ccc(OC(F)(F)F)cc3)n2)cc1)NC(=S)N=C1SCC(=O)N1c1ccc(F)cc1C(C)C. The first kappa shape index (κ1) is 35.5. The highest BCUT2D eigenvalue weighted by molar-refractivity contribution is 8.15. The Balaban J connectivity index is 1.23. The third kappa shape index (κ3) is 9.00. The normalized spacial score (nSPS) is 14.7. The number of hydrogen-bond acceptors (Lipinski definition) is 8. The second-order valence-electron chi connectivity index (χ2n) is 11.1. The molecule has 1 atom stereocenters. The second-order valence-corrected chi connectivity index (χ2v) is 12.4. The maximum absolute atomic E-state index is 14.0. The lowest BCUT2D eigenvalue weighted by atomic mass is 10.0. The summed E-state index contributed by atoms with van der Waals surface area (Å²) in [7, 11) is 1.27. The molecule has 1 aromatic heterocycles. The number of halogens is 4. The zero-order valence-corrected chi connectivity index (χ0v) is 28.0. The molecule has 1 amide bonds. The fourth-order valence-corrected chi connectivity index (χ4v) is 6.14. The summed E-state index contributed by atoms with van der Waals surface area (Å²) in [5.74, 6) is -1.03. The van der Waals surface area contributed by atoms with Gasteiger partial charge in [-0.15, -0.1) is 18.3 Å². The number of benzene rings is 3. The highest BCUT2D eigenvalue weighted by Crippen LogP contribution is 2.34. The Morgan fingerprint density at radius 2 is 1.82 bits per heavy atom. The number of amidine groups is 1. The van der Waals surface area contributed by atoms with Crippen LogP contribution in [0.3, 0.4) is 0 Å². The first-order valence-electron chi connectivity index (χ1n) is 14.9. The molecular weight excluding hydrogens is 685 g/mol. The first-order valence-corrected chi connectivity index (χ1v) is 16.3. The smallest absolute Gasteiger partial charge is 0.467 e. The number of nitrogens with one attached hydrogen (secondary N) is 1. The molecule has 10 nitrogen and oxygen atoms in total. The zero-order chi connectivity index (χ0) is 35.3. The number of aliphatic imine (C=N–C) groups is 1. The molecule has 1 unspecified atom stereocenters. The minimum atomic E-state index is -4.78. The summed E-state index contributed by atoms with van der Waals surface area (Å²) in [6, 6.07) is 16.0. The maximum atomic E-state index is 14.0. The number of nitrogens with zero attached hydrogens (tertiary/aromatic N) is 5. The van der Waals surface area contributed by atoms with Crippen molar-refractivity contribution in [2.45, 2.75) is 45.0 Å². The largest absolute Gasteiger partial charge is 0.573 e. The topological polar surface area (TPSA) is 111 Å². The lowest BCUT2D eigenvalue weighted by molar-refractivity contribution is -0.274. The van der Waals surface area contributed by atoms with Crippen molar-refractivity contribution in [3.05, 3.63) is 90.0 Å². The fourth-order valence-electron chi connectivity index (χ4n) is 4.98. The molecule has 4 aromatic rings. The average molecular weight is 715 g/mol. The minimum absolute atomic E-state index is 0.00895. The van der Waals surface area contributed by atoms with Crippen molar-refractivity contribution in [2.24, 2.45) is 4.99 Å². The van der Waals surface area contributed by atoms with Crippen LogP contribution in [-0.4, -0.2) is 62.2 Å². The monoisotopic (exact) mass is 714 g/mol. The number of ether oxygens (including phenoxy) is 2. The van der Waals surface area contributed by atoms with Gasteiger partial charge in [-0.1, -0.05) is 49.9 Å². The van der Waals surface area contributed by atoms with Crippen molar-refractivity contribution < 1.29 is 36.6 Å². The number of carbonyl (C=O) groups is 2. The number of carbonyl (C=O) groups excluding carboxylic acids is 2. The van der Waals surface area contributed by atoms with Crippen LogP contribution >= 0.6 is 24.0 Å². The number of hydrogen-bond donors (Lipinski definition) is 1. The molecule has 0 spiro atoms. The zero-order valence-electron chi connectivity index (χ0n) is 26.4. The molecular formula is C33H30F4N6O4S2. The molecule has 1 aliphatic heterocycles. The van der Waals surface area contributed by atoms with Crippen LogP contribution in [0.25, 0.3) is 17.1 Å². The molecule has 0 radical (unpaired) electrons. The number of amides is 1. The van der Waals surface area contributed by atoms with Crippen molar-refractivity contribution in [3.63, 3.8) is 0 Å². The Morgan fingerprint density at radius 3 is 2.47 bits per heavy atom. The lowest BCUT2D eigenvalue weighted by Crippen LogP contribution is -2.41. The number of rotatable bonds is 10. The molecule has 0 aliphatic carbocycles. The second kappa shape index (κ2) is 15.2. The van der Waals surface area contributed by atoms with Crippen molar-refractivity contribution in [1.29, 1.82) is 0 Å². The van der Waals surface area contributed by atoms with Crippen LogP contribution in [0, 0.1) is 5.82 Å². The van der Waals surface area contributed by atoms with Gasteiger partial charge in [0.05, 0.1) is 24.2 Å². The number of anilines is 1. The van der Waals surface area contributed by atoms with Crippen LogP contribution in [0.2, 0.25) is 0 Å². The van der Waals surface area contributed by atoms with Crippen molar-refractivity contribution in [3.8, 4) is 22.8 Å². The van der Waals surface area contributed by atoms with Crippen LogP contribution in [0.4, 0.5) is 23.2 Å². The van der Waals surface area contributed by atoms with E-state index in [1.54, 1.807) is 6.07 Å². The number of aromatic nitrogens is 3. The Bertz CT molecular complexity index is 1860. The molecule has 49 heavy (non-hydrogen) atoms. The first-order chi connectivity index (χ1) is 23.3. The summed E-state index contributed by atoms with van der Waals surface area (Å²) in [4.78, 5) is 35.7. The van der Waals surface area contributed by atoms with Gasteiger partial charge in [0.15, 0.2) is 16.1 Å². The third-order valence-electron chi connectivity index (χ3n) is 7.36. The van der Waals surface area contributed by atoms with Gasteiger partial charge < -0.3 is 14.8 Å². The van der Waals surface area contributed by atoms with Gasteiger partial charge in [-0.05, 0) is 84.6 Å². The lowest BCUT2D eigenvalue weighted by Gasteiger charge is -2.22. The van der Waals surface area contributed by atoms with E-state index in [9.17, 15) is 27.2 Å². The van der Waals surface area contributed by atoms with Gasteiger partial charge in [0, 0.05) is 5.56 Å². The molecule has 0 bridgehead atoms. The van der Waals surface area contributed by atoms with E-state index in [4.69, 9.17) is 17.0 Å². The van der Waals surface area contributed by atoms with Crippen LogP contribution in [0.5, 0.6) is 5.75 Å². The predicted molar refractivity (Wildman–Crippen MR) is 181 cm³/mol. The molecule has 256 valence electrons. The molecule has 1 saturated heterocycles. The van der Waals surface area contributed by atoms with Crippen LogP contribution in [0.15, 0.2) is 78.0 Å². The minimum Gasteiger partial charge on any atom is -0.467 e. The van der Waals surface area contributed by atoms with Crippen LogP contribution in [0.1, 0.15) is 37.3 Å². The highest BCUT2D eigenvalue weighted by atomic mass is 32.2. The van der Waals surface area contributed by atoms with Gasteiger partial charge in [-0.2, -0.15) is 4.99 Å². The van der Waals surface area contributed by atoms with Gasteiger partial charge >= 0.3 is 12.3 Å².